The lowest BCUT2D eigenvalue weighted by Gasteiger charge is -2.22. The Morgan fingerprint density at radius 1 is 1.41 bits per heavy atom. The molecule has 94 valence electrons. The highest BCUT2D eigenvalue weighted by Gasteiger charge is 2.37. The third-order valence-corrected chi connectivity index (χ3v) is 2.71. The topological polar surface area (TPSA) is 46.5 Å². The van der Waals surface area contributed by atoms with Crippen LogP contribution >= 0.6 is 23.2 Å². The third-order valence-electron chi connectivity index (χ3n) is 2.28. The van der Waals surface area contributed by atoms with Gasteiger partial charge in [-0.1, -0.05) is 12.1 Å². The number of benzene rings is 1. The van der Waals surface area contributed by atoms with Gasteiger partial charge in [-0.25, -0.2) is 0 Å². The summed E-state index contributed by atoms with van der Waals surface area (Å²) in [7, 11) is 0. The van der Waals surface area contributed by atoms with E-state index in [9.17, 15) is 4.79 Å². The fourth-order valence-corrected chi connectivity index (χ4v) is 2.01. The van der Waals surface area contributed by atoms with Crippen LogP contribution < -0.4 is 4.74 Å². The van der Waals surface area contributed by atoms with Crippen LogP contribution in [0.15, 0.2) is 24.3 Å². The highest BCUT2D eigenvalue weighted by molar-refractivity contribution is 6.49. The first-order valence-electron chi connectivity index (χ1n) is 5.19. The second-order valence-electron chi connectivity index (χ2n) is 3.73. The van der Waals surface area contributed by atoms with Crippen molar-refractivity contribution < 1.29 is 14.6 Å². The summed E-state index contributed by atoms with van der Waals surface area (Å²) in [6.07, 6.45) is 0. The summed E-state index contributed by atoms with van der Waals surface area (Å²) in [5.41, 5.74) is 0.549. The number of carbonyl (C=O) groups is 1. The lowest BCUT2D eigenvalue weighted by atomic mass is 9.96. The molecule has 0 bridgehead atoms. The van der Waals surface area contributed by atoms with E-state index in [0.717, 1.165) is 0 Å². The van der Waals surface area contributed by atoms with E-state index in [-0.39, 0.29) is 0 Å². The third kappa shape index (κ3) is 3.79. The zero-order valence-corrected chi connectivity index (χ0v) is 11.1. The molecule has 1 aromatic rings. The molecule has 0 aromatic heterocycles. The van der Waals surface area contributed by atoms with Gasteiger partial charge in [0.25, 0.3) is 0 Å². The van der Waals surface area contributed by atoms with E-state index >= 15 is 0 Å². The molecular formula is C12H14Cl2O3. The first-order valence-corrected chi connectivity index (χ1v) is 5.95. The van der Waals surface area contributed by atoms with Gasteiger partial charge in [0.05, 0.1) is 6.61 Å². The van der Waals surface area contributed by atoms with Gasteiger partial charge in [-0.05, 0) is 31.5 Å². The average molecular weight is 277 g/mol. The number of rotatable bonds is 5. The number of carboxylic acids is 1. The predicted octanol–water partition coefficient (Wildman–Crippen LogP) is 3.45. The summed E-state index contributed by atoms with van der Waals surface area (Å²) < 4.78 is 3.91. The Bertz CT molecular complexity index is 382. The maximum Gasteiger partial charge on any atom is 0.314 e. The van der Waals surface area contributed by atoms with E-state index < -0.39 is 16.2 Å². The van der Waals surface area contributed by atoms with Crippen molar-refractivity contribution in [1.82, 2.24) is 0 Å². The lowest BCUT2D eigenvalue weighted by Crippen LogP contribution is -2.27. The van der Waals surface area contributed by atoms with E-state index in [1.54, 1.807) is 24.3 Å². The van der Waals surface area contributed by atoms with Gasteiger partial charge in [0.2, 0.25) is 0 Å². The molecule has 0 fully saturated rings. The highest BCUT2D eigenvalue weighted by atomic mass is 35.5. The molecular weight excluding hydrogens is 263 g/mol. The van der Waals surface area contributed by atoms with Gasteiger partial charge in [0.1, 0.15) is 16.0 Å². The molecule has 3 nitrogen and oxygen atoms in total. The predicted molar refractivity (Wildman–Crippen MR) is 68.1 cm³/mol. The Hall–Kier alpha value is -0.930. The Balaban J connectivity index is 3.00. The smallest absolute Gasteiger partial charge is 0.314 e. The largest absolute Gasteiger partial charge is 0.494 e. The quantitative estimate of drug-likeness (QED) is 0.838. The molecule has 0 spiro atoms. The van der Waals surface area contributed by atoms with Crippen LogP contribution in [0.1, 0.15) is 25.3 Å². The molecule has 1 atom stereocenters. The van der Waals surface area contributed by atoms with E-state index in [1.807, 2.05) is 6.92 Å². The molecule has 1 rings (SSSR count). The van der Waals surface area contributed by atoms with Gasteiger partial charge in [-0.3, -0.25) is 4.79 Å². The van der Waals surface area contributed by atoms with Crippen molar-refractivity contribution in [3.05, 3.63) is 29.8 Å². The van der Waals surface area contributed by atoms with E-state index in [0.29, 0.717) is 17.9 Å². The molecule has 0 heterocycles. The Labute approximate surface area is 110 Å². The van der Waals surface area contributed by atoms with Crippen molar-refractivity contribution >= 4 is 29.2 Å². The second-order valence-corrected chi connectivity index (χ2v) is 5.49. The number of alkyl halides is 2. The average Bonchev–Trinajstić information content (AvgIpc) is 2.18. The van der Waals surface area contributed by atoms with Crippen LogP contribution in [-0.4, -0.2) is 22.0 Å². The van der Waals surface area contributed by atoms with Gasteiger partial charge >= 0.3 is 5.97 Å². The zero-order valence-electron chi connectivity index (χ0n) is 9.61. The van der Waals surface area contributed by atoms with Gasteiger partial charge in [-0.2, -0.15) is 0 Å². The van der Waals surface area contributed by atoms with Crippen LogP contribution in [0, 0.1) is 0 Å². The molecule has 0 saturated heterocycles. The molecule has 1 N–H and O–H groups in total. The zero-order chi connectivity index (χ0) is 13.1. The minimum Gasteiger partial charge on any atom is -0.494 e. The maximum atomic E-state index is 11.2. The van der Waals surface area contributed by atoms with Crippen LogP contribution in [-0.2, 0) is 4.79 Å². The number of halogens is 2. The van der Waals surface area contributed by atoms with E-state index in [1.165, 1.54) is 6.92 Å². The van der Waals surface area contributed by atoms with Crippen LogP contribution in [0.3, 0.4) is 0 Å². The molecule has 0 radical (unpaired) electrons. The normalized spacial score (nSPS) is 13.2. The minimum absolute atomic E-state index is 0.549. The number of aliphatic carboxylic acids is 1. The Morgan fingerprint density at radius 2 is 1.94 bits per heavy atom. The minimum atomic E-state index is -1.36. The fraction of sp³-hybridized carbons (Fsp3) is 0.417. The number of carboxylic acid groups (broad SMARTS) is 1. The van der Waals surface area contributed by atoms with Crippen molar-refractivity contribution in [3.8, 4) is 5.75 Å². The summed E-state index contributed by atoms with van der Waals surface area (Å²) in [4.78, 5) is 11.2. The summed E-state index contributed by atoms with van der Waals surface area (Å²) in [6, 6.07) is 6.72. The number of hydrogen-bond donors (Lipinski definition) is 1. The van der Waals surface area contributed by atoms with Gasteiger partial charge < -0.3 is 9.84 Å². The molecule has 1 aromatic carbocycles. The summed E-state index contributed by atoms with van der Waals surface area (Å²) >= 11 is 11.8. The summed E-state index contributed by atoms with van der Waals surface area (Å²) in [6.45, 7) is 3.90. The SMILES string of the molecule is CCOc1ccc(C(C(=O)O)C(C)(Cl)Cl)cc1. The standard InChI is InChI=1S/C12H14Cl2O3/c1-3-17-9-6-4-8(5-7-9)10(11(15)16)12(2,13)14/h4-7,10H,3H2,1-2H3,(H,15,16). The molecule has 5 heteroatoms. The van der Waals surface area contributed by atoms with Crippen LogP contribution in [0.5, 0.6) is 5.75 Å². The fourth-order valence-electron chi connectivity index (χ4n) is 1.58. The Kier molecular flexibility index (Phi) is 4.66. The van der Waals surface area contributed by atoms with Gasteiger partial charge in [0, 0.05) is 0 Å². The van der Waals surface area contributed by atoms with Crippen LogP contribution in [0.25, 0.3) is 0 Å². The molecule has 0 amide bonds. The first-order chi connectivity index (χ1) is 7.86. The first kappa shape index (κ1) is 14.1. The van der Waals surface area contributed by atoms with Gasteiger partial charge in [-0.15, -0.1) is 23.2 Å². The van der Waals surface area contributed by atoms with Crippen molar-refractivity contribution in [1.29, 1.82) is 0 Å². The van der Waals surface area contributed by atoms with Crippen molar-refractivity contribution in [2.45, 2.75) is 24.1 Å². The second kappa shape index (κ2) is 5.61. The van der Waals surface area contributed by atoms with E-state index in [2.05, 4.69) is 0 Å². The van der Waals surface area contributed by atoms with Crippen LogP contribution in [0.4, 0.5) is 0 Å². The van der Waals surface area contributed by atoms with Crippen molar-refractivity contribution in [2.24, 2.45) is 0 Å². The molecule has 1 unspecified atom stereocenters. The number of hydrogen-bond acceptors (Lipinski definition) is 2. The molecule has 0 aliphatic rings. The number of ether oxygens (including phenoxy) is 1. The van der Waals surface area contributed by atoms with Gasteiger partial charge in [0.15, 0.2) is 0 Å². The Morgan fingerprint density at radius 3 is 2.29 bits per heavy atom. The lowest BCUT2D eigenvalue weighted by molar-refractivity contribution is -0.139. The molecule has 0 saturated carbocycles. The maximum absolute atomic E-state index is 11.2. The van der Waals surface area contributed by atoms with Crippen LogP contribution in [0.2, 0.25) is 0 Å². The highest BCUT2D eigenvalue weighted by Crippen LogP contribution is 2.38. The van der Waals surface area contributed by atoms with Crippen molar-refractivity contribution in [3.63, 3.8) is 0 Å². The van der Waals surface area contributed by atoms with Crippen molar-refractivity contribution in [2.75, 3.05) is 6.61 Å². The molecule has 0 aliphatic heterocycles. The summed E-state index contributed by atoms with van der Waals surface area (Å²) in [5, 5.41) is 9.13. The molecule has 17 heavy (non-hydrogen) atoms. The van der Waals surface area contributed by atoms with E-state index in [4.69, 9.17) is 33.0 Å². The monoisotopic (exact) mass is 276 g/mol. The summed E-state index contributed by atoms with van der Waals surface area (Å²) in [5.74, 6) is -1.34. The molecule has 0 aliphatic carbocycles.